The molecule has 0 aromatic heterocycles. The Bertz CT molecular complexity index is 424. The summed E-state index contributed by atoms with van der Waals surface area (Å²) < 4.78 is 1.12. The van der Waals surface area contributed by atoms with Crippen LogP contribution in [0.2, 0.25) is 0 Å². The zero-order valence-corrected chi connectivity index (χ0v) is 11.6. The van der Waals surface area contributed by atoms with Crippen molar-refractivity contribution in [3.8, 4) is 0 Å². The van der Waals surface area contributed by atoms with E-state index in [2.05, 4.69) is 60.7 Å². The molecular weight excluding hydrogens is 264 g/mol. The molecular formula is C14H12S3. The van der Waals surface area contributed by atoms with Crippen LogP contribution in [0.25, 0.3) is 0 Å². The van der Waals surface area contributed by atoms with Crippen LogP contribution >= 0.6 is 33.3 Å². The molecule has 1 saturated heterocycles. The minimum Gasteiger partial charge on any atom is -0.122 e. The summed E-state index contributed by atoms with van der Waals surface area (Å²) in [5.74, 6) is 0. The molecule has 3 rings (SSSR count). The normalized spacial score (nSPS) is 23.8. The van der Waals surface area contributed by atoms with Crippen molar-refractivity contribution in [1.29, 1.82) is 0 Å². The lowest BCUT2D eigenvalue weighted by Gasteiger charge is -2.09. The molecule has 0 radical (unpaired) electrons. The van der Waals surface area contributed by atoms with E-state index in [1.54, 1.807) is 0 Å². The average Bonchev–Trinajstić information content (AvgIpc) is 2.90. The fraction of sp³-hybridized carbons (Fsp3) is 0.143. The molecule has 1 heterocycles. The summed E-state index contributed by atoms with van der Waals surface area (Å²) in [6.07, 6.45) is 0. The summed E-state index contributed by atoms with van der Waals surface area (Å²) >= 11 is 2.04. The first-order valence-electron chi connectivity index (χ1n) is 5.51. The van der Waals surface area contributed by atoms with Crippen LogP contribution < -0.4 is 0 Å². The van der Waals surface area contributed by atoms with Crippen LogP contribution in [0.1, 0.15) is 20.3 Å². The third kappa shape index (κ3) is 2.67. The zero-order valence-electron chi connectivity index (χ0n) is 9.15. The molecule has 1 aliphatic heterocycles. The third-order valence-electron chi connectivity index (χ3n) is 2.62. The lowest BCUT2D eigenvalue weighted by Crippen LogP contribution is -1.86. The van der Waals surface area contributed by atoms with E-state index >= 15 is 0 Å². The molecule has 2 atom stereocenters. The van der Waals surface area contributed by atoms with Gasteiger partial charge in [-0.1, -0.05) is 82.3 Å². The topological polar surface area (TPSA) is 0 Å². The van der Waals surface area contributed by atoms with Gasteiger partial charge in [0, 0.05) is 0 Å². The van der Waals surface area contributed by atoms with Crippen molar-refractivity contribution in [2.24, 2.45) is 0 Å². The van der Waals surface area contributed by atoms with E-state index in [0.717, 1.165) is 0 Å². The van der Waals surface area contributed by atoms with Gasteiger partial charge < -0.3 is 0 Å². The Morgan fingerprint density at radius 3 is 1.41 bits per heavy atom. The first kappa shape index (κ1) is 11.6. The fourth-order valence-corrected chi connectivity index (χ4v) is 7.48. The smallest absolute Gasteiger partial charge is 0.0870 e. The largest absolute Gasteiger partial charge is 0.122 e. The second-order valence-corrected chi connectivity index (χ2v) is 8.11. The Hall–Kier alpha value is -0.510. The summed E-state index contributed by atoms with van der Waals surface area (Å²) in [5.41, 5.74) is 2.85. The second kappa shape index (κ2) is 5.42. The molecule has 1 fully saturated rings. The van der Waals surface area contributed by atoms with Crippen LogP contribution in [-0.2, 0) is 0 Å². The highest BCUT2D eigenvalue weighted by Crippen LogP contribution is 2.65. The number of benzene rings is 2. The van der Waals surface area contributed by atoms with Crippen LogP contribution in [0, 0.1) is 0 Å². The Balaban J connectivity index is 1.75. The Morgan fingerprint density at radius 2 is 1.00 bits per heavy atom. The summed E-state index contributed by atoms with van der Waals surface area (Å²) in [7, 11) is 3.96. The monoisotopic (exact) mass is 276 g/mol. The molecule has 2 aromatic carbocycles. The number of rotatable bonds is 2. The fourth-order valence-electron chi connectivity index (χ4n) is 1.75. The van der Waals surface area contributed by atoms with Crippen molar-refractivity contribution < 1.29 is 0 Å². The highest BCUT2D eigenvalue weighted by Gasteiger charge is 2.29. The molecule has 1 aliphatic rings. The van der Waals surface area contributed by atoms with Gasteiger partial charge in [-0.2, -0.15) is 0 Å². The highest BCUT2D eigenvalue weighted by molar-refractivity contribution is 8.82. The quantitative estimate of drug-likeness (QED) is 0.664. The first-order valence-corrected chi connectivity index (χ1v) is 8.73. The minimum atomic E-state index is 0.561. The van der Waals surface area contributed by atoms with Crippen LogP contribution in [0.3, 0.4) is 0 Å². The van der Waals surface area contributed by atoms with Gasteiger partial charge in [-0.25, -0.2) is 0 Å². The van der Waals surface area contributed by atoms with Crippen molar-refractivity contribution in [2.75, 3.05) is 0 Å². The van der Waals surface area contributed by atoms with Gasteiger partial charge in [0.2, 0.25) is 0 Å². The van der Waals surface area contributed by atoms with Crippen LogP contribution in [-0.4, -0.2) is 0 Å². The second-order valence-electron chi connectivity index (χ2n) is 3.81. The Labute approximate surface area is 114 Å². The van der Waals surface area contributed by atoms with Crippen LogP contribution in [0.5, 0.6) is 0 Å². The molecule has 3 heteroatoms. The van der Waals surface area contributed by atoms with Crippen LogP contribution in [0.4, 0.5) is 0 Å². The standard InChI is InChI=1S/C14H12S3/c1-3-7-11(8-4-1)13-15-14(17-16-13)12-9-5-2-6-10-12/h1-10,13-14H/t13-,14+. The van der Waals surface area contributed by atoms with Gasteiger partial charge in [-0.3, -0.25) is 0 Å². The maximum atomic E-state index is 2.22. The zero-order chi connectivity index (χ0) is 11.5. The average molecular weight is 276 g/mol. The predicted octanol–water partition coefficient (Wildman–Crippen LogP) is 5.51. The molecule has 0 saturated carbocycles. The minimum absolute atomic E-state index is 0.561. The lowest BCUT2D eigenvalue weighted by atomic mass is 10.2. The number of hydrogen-bond acceptors (Lipinski definition) is 3. The summed E-state index contributed by atoms with van der Waals surface area (Å²) in [6, 6.07) is 21.5. The van der Waals surface area contributed by atoms with Gasteiger partial charge in [0.25, 0.3) is 0 Å². The highest BCUT2D eigenvalue weighted by atomic mass is 33.1. The van der Waals surface area contributed by atoms with Crippen molar-refractivity contribution in [3.05, 3.63) is 71.8 Å². The van der Waals surface area contributed by atoms with E-state index in [4.69, 9.17) is 0 Å². The van der Waals surface area contributed by atoms with Crippen molar-refractivity contribution in [1.82, 2.24) is 0 Å². The molecule has 0 spiro atoms. The van der Waals surface area contributed by atoms with Gasteiger partial charge >= 0.3 is 0 Å². The Kier molecular flexibility index (Phi) is 3.69. The van der Waals surface area contributed by atoms with Crippen molar-refractivity contribution in [2.45, 2.75) is 9.16 Å². The molecule has 0 amide bonds. The van der Waals surface area contributed by atoms with E-state index in [0.29, 0.717) is 9.16 Å². The summed E-state index contributed by atoms with van der Waals surface area (Å²) in [6.45, 7) is 0. The van der Waals surface area contributed by atoms with E-state index < -0.39 is 0 Å². The molecule has 86 valence electrons. The SMILES string of the molecule is c1ccc([C@@H]2SS[C@H](c3ccccc3)S2)cc1. The van der Waals surface area contributed by atoms with Gasteiger partial charge in [0.15, 0.2) is 0 Å². The van der Waals surface area contributed by atoms with E-state index in [9.17, 15) is 0 Å². The summed E-state index contributed by atoms with van der Waals surface area (Å²) in [5, 5.41) is 0. The molecule has 0 nitrogen and oxygen atoms in total. The van der Waals surface area contributed by atoms with Crippen molar-refractivity contribution >= 4 is 33.3 Å². The van der Waals surface area contributed by atoms with E-state index in [-0.39, 0.29) is 0 Å². The molecule has 17 heavy (non-hydrogen) atoms. The molecule has 2 aromatic rings. The maximum absolute atomic E-state index is 2.22. The van der Waals surface area contributed by atoms with E-state index in [1.165, 1.54) is 11.1 Å². The molecule has 0 aliphatic carbocycles. The van der Waals surface area contributed by atoms with Gasteiger partial charge in [-0.05, 0) is 11.1 Å². The summed E-state index contributed by atoms with van der Waals surface area (Å²) in [4.78, 5) is 0. The number of thioether (sulfide) groups is 1. The predicted molar refractivity (Wildman–Crippen MR) is 81.1 cm³/mol. The molecule has 0 N–H and O–H groups in total. The first-order chi connectivity index (χ1) is 8.43. The van der Waals surface area contributed by atoms with Gasteiger partial charge in [0.1, 0.15) is 0 Å². The molecule has 0 bridgehead atoms. The maximum Gasteiger partial charge on any atom is 0.0870 e. The van der Waals surface area contributed by atoms with Gasteiger partial charge in [0.05, 0.1) is 9.16 Å². The molecule has 0 unspecified atom stereocenters. The lowest BCUT2D eigenvalue weighted by molar-refractivity contribution is 1.34. The Morgan fingerprint density at radius 1 is 0.588 bits per heavy atom. The third-order valence-corrected chi connectivity index (χ3v) is 8.13. The van der Waals surface area contributed by atoms with Crippen molar-refractivity contribution in [3.63, 3.8) is 0 Å². The van der Waals surface area contributed by atoms with Crippen LogP contribution in [0.15, 0.2) is 60.7 Å². The number of hydrogen-bond donors (Lipinski definition) is 0. The van der Waals surface area contributed by atoms with Gasteiger partial charge in [-0.15, -0.1) is 11.8 Å². The van der Waals surface area contributed by atoms with E-state index in [1.807, 2.05) is 33.3 Å².